The maximum atomic E-state index is 12.4. The number of likely N-dealkylation sites (tertiary alicyclic amines) is 1. The maximum Gasteiger partial charge on any atom is 0.272 e. The number of carbonyl (C=O) groups is 1. The molecule has 3 rings (SSSR count). The highest BCUT2D eigenvalue weighted by molar-refractivity contribution is 5.92. The Morgan fingerprint density at radius 2 is 1.67 bits per heavy atom. The second-order valence-corrected chi connectivity index (χ2v) is 6.69. The average Bonchev–Trinajstić information content (AvgIpc) is 2.63. The van der Waals surface area contributed by atoms with E-state index in [0.717, 1.165) is 37.3 Å². The third kappa shape index (κ3) is 3.94. The second-order valence-electron chi connectivity index (χ2n) is 6.69. The van der Waals surface area contributed by atoms with Gasteiger partial charge in [-0.3, -0.25) is 4.79 Å². The van der Waals surface area contributed by atoms with Crippen molar-refractivity contribution in [2.45, 2.75) is 39.0 Å². The van der Waals surface area contributed by atoms with Gasteiger partial charge in [0.1, 0.15) is 5.69 Å². The Kier molecular flexibility index (Phi) is 5.14. The number of piperidine rings is 1. The summed E-state index contributed by atoms with van der Waals surface area (Å²) in [6, 6.07) is 12.1. The molecule has 0 spiro atoms. The Bertz CT molecular complexity index is 671. The molecule has 1 aliphatic heterocycles. The van der Waals surface area contributed by atoms with E-state index in [1.807, 2.05) is 17.0 Å². The minimum Gasteiger partial charge on any atom is -0.354 e. The van der Waals surface area contributed by atoms with Crippen molar-refractivity contribution in [3.63, 3.8) is 0 Å². The van der Waals surface area contributed by atoms with Gasteiger partial charge in [0.25, 0.3) is 5.91 Å². The van der Waals surface area contributed by atoms with Crippen molar-refractivity contribution >= 4 is 17.3 Å². The minimum atomic E-state index is 0.0440. The van der Waals surface area contributed by atoms with Crippen molar-refractivity contribution in [3.8, 4) is 0 Å². The van der Waals surface area contributed by atoms with Crippen molar-refractivity contribution < 1.29 is 4.79 Å². The Hall–Kier alpha value is -2.36. The van der Waals surface area contributed by atoms with Gasteiger partial charge >= 0.3 is 0 Å². The number of anilines is 2. The van der Waals surface area contributed by atoms with Gasteiger partial charge in [-0.15, -0.1) is 0 Å². The van der Waals surface area contributed by atoms with Crippen LogP contribution in [0.1, 0.15) is 55.1 Å². The van der Waals surface area contributed by atoms with Gasteiger partial charge in [0.05, 0.1) is 11.9 Å². The molecule has 0 unspecified atom stereocenters. The van der Waals surface area contributed by atoms with Gasteiger partial charge in [-0.05, 0) is 55.0 Å². The summed E-state index contributed by atoms with van der Waals surface area (Å²) in [5, 5.41) is 3.33. The number of nitrogens with one attached hydrogen (secondary N) is 1. The van der Waals surface area contributed by atoms with E-state index in [0.29, 0.717) is 11.6 Å². The molecule has 0 aliphatic carbocycles. The predicted molar refractivity (Wildman–Crippen MR) is 97.8 cm³/mol. The summed E-state index contributed by atoms with van der Waals surface area (Å²) in [6.45, 7) is 6.07. The van der Waals surface area contributed by atoms with Crippen molar-refractivity contribution in [2.24, 2.45) is 0 Å². The summed E-state index contributed by atoms with van der Waals surface area (Å²) < 4.78 is 0. The number of hydrogen-bond donors (Lipinski definition) is 1. The lowest BCUT2D eigenvalue weighted by atomic mass is 10.0. The molecule has 1 N–H and O–H groups in total. The number of hydrogen-bond acceptors (Lipinski definition) is 3. The van der Waals surface area contributed by atoms with Crippen LogP contribution in [-0.4, -0.2) is 28.9 Å². The summed E-state index contributed by atoms with van der Waals surface area (Å²) in [7, 11) is 0. The minimum absolute atomic E-state index is 0.0440. The molecule has 24 heavy (non-hydrogen) atoms. The topological polar surface area (TPSA) is 45.2 Å². The molecule has 1 aliphatic rings. The number of benzene rings is 1. The zero-order valence-electron chi connectivity index (χ0n) is 14.5. The first-order valence-corrected chi connectivity index (χ1v) is 8.76. The molecule has 1 saturated heterocycles. The Morgan fingerprint density at radius 3 is 2.25 bits per heavy atom. The highest BCUT2D eigenvalue weighted by atomic mass is 16.2. The molecule has 4 nitrogen and oxygen atoms in total. The summed E-state index contributed by atoms with van der Waals surface area (Å²) in [6.07, 6.45) is 5.14. The third-order valence-electron chi connectivity index (χ3n) is 4.49. The molecule has 0 saturated carbocycles. The number of amides is 1. The second kappa shape index (κ2) is 7.47. The van der Waals surface area contributed by atoms with Gasteiger partial charge in [-0.25, -0.2) is 4.98 Å². The quantitative estimate of drug-likeness (QED) is 0.896. The largest absolute Gasteiger partial charge is 0.354 e. The van der Waals surface area contributed by atoms with E-state index in [4.69, 9.17) is 0 Å². The van der Waals surface area contributed by atoms with E-state index < -0.39 is 0 Å². The van der Waals surface area contributed by atoms with Gasteiger partial charge in [-0.1, -0.05) is 26.0 Å². The molecule has 2 heterocycles. The van der Waals surface area contributed by atoms with E-state index in [1.54, 1.807) is 6.20 Å². The third-order valence-corrected chi connectivity index (χ3v) is 4.49. The lowest BCUT2D eigenvalue weighted by Crippen LogP contribution is -2.36. The van der Waals surface area contributed by atoms with Gasteiger partial charge in [0, 0.05) is 18.8 Å². The van der Waals surface area contributed by atoms with Gasteiger partial charge in [0.2, 0.25) is 0 Å². The van der Waals surface area contributed by atoms with Crippen molar-refractivity contribution in [1.29, 1.82) is 0 Å². The molecule has 0 radical (unpaired) electrons. The molecule has 2 aromatic rings. The van der Waals surface area contributed by atoms with E-state index in [9.17, 15) is 4.79 Å². The van der Waals surface area contributed by atoms with Crippen LogP contribution < -0.4 is 5.32 Å². The van der Waals surface area contributed by atoms with Crippen LogP contribution in [0.5, 0.6) is 0 Å². The lowest BCUT2D eigenvalue weighted by Gasteiger charge is -2.26. The average molecular weight is 323 g/mol. The zero-order valence-corrected chi connectivity index (χ0v) is 14.5. The Balaban J connectivity index is 1.64. The number of carbonyl (C=O) groups excluding carboxylic acids is 1. The standard InChI is InChI=1S/C20H25N3O/c1-15(2)16-6-8-17(9-7-16)22-18-10-11-19(21-14-18)20(24)23-12-4-3-5-13-23/h6-11,14-15,22H,3-5,12-13H2,1-2H3. The first-order valence-electron chi connectivity index (χ1n) is 8.76. The van der Waals surface area contributed by atoms with E-state index in [-0.39, 0.29) is 5.91 Å². The van der Waals surface area contributed by atoms with Crippen LogP contribution in [0.25, 0.3) is 0 Å². The fraction of sp³-hybridized carbons (Fsp3) is 0.400. The summed E-state index contributed by atoms with van der Waals surface area (Å²) in [5.74, 6) is 0.573. The molecule has 126 valence electrons. The molecule has 0 atom stereocenters. The SMILES string of the molecule is CC(C)c1ccc(Nc2ccc(C(=O)N3CCCCC3)nc2)cc1. The van der Waals surface area contributed by atoms with E-state index in [1.165, 1.54) is 12.0 Å². The maximum absolute atomic E-state index is 12.4. The molecule has 1 aromatic heterocycles. The normalized spacial score (nSPS) is 14.7. The van der Waals surface area contributed by atoms with Crippen molar-refractivity contribution in [2.75, 3.05) is 18.4 Å². The van der Waals surface area contributed by atoms with Crippen molar-refractivity contribution in [3.05, 3.63) is 53.9 Å². The van der Waals surface area contributed by atoms with Crippen LogP contribution >= 0.6 is 0 Å². The number of pyridine rings is 1. The monoisotopic (exact) mass is 323 g/mol. The zero-order chi connectivity index (χ0) is 16.9. The van der Waals surface area contributed by atoms with Crippen molar-refractivity contribution in [1.82, 2.24) is 9.88 Å². The highest BCUT2D eigenvalue weighted by Gasteiger charge is 2.18. The Labute approximate surface area is 143 Å². The summed E-state index contributed by atoms with van der Waals surface area (Å²) >= 11 is 0. The summed E-state index contributed by atoms with van der Waals surface area (Å²) in [5.41, 5.74) is 3.76. The van der Waals surface area contributed by atoms with Crippen LogP contribution in [0, 0.1) is 0 Å². The number of nitrogens with zero attached hydrogens (tertiary/aromatic N) is 2. The number of aromatic nitrogens is 1. The summed E-state index contributed by atoms with van der Waals surface area (Å²) in [4.78, 5) is 18.7. The molecular weight excluding hydrogens is 298 g/mol. The fourth-order valence-electron chi connectivity index (χ4n) is 2.97. The van der Waals surface area contributed by atoms with E-state index >= 15 is 0 Å². The molecular formula is C20H25N3O. The molecule has 0 bridgehead atoms. The van der Waals surface area contributed by atoms with Crippen LogP contribution in [-0.2, 0) is 0 Å². The van der Waals surface area contributed by atoms with E-state index in [2.05, 4.69) is 48.4 Å². The molecule has 1 fully saturated rings. The van der Waals surface area contributed by atoms with Crippen LogP contribution in [0.3, 0.4) is 0 Å². The predicted octanol–water partition coefficient (Wildman–Crippen LogP) is 4.57. The number of rotatable bonds is 4. The first kappa shape index (κ1) is 16.5. The molecule has 1 amide bonds. The Morgan fingerprint density at radius 1 is 1.00 bits per heavy atom. The van der Waals surface area contributed by atoms with Crippen LogP contribution in [0.2, 0.25) is 0 Å². The van der Waals surface area contributed by atoms with Crippen LogP contribution in [0.4, 0.5) is 11.4 Å². The van der Waals surface area contributed by atoms with Gasteiger partial charge in [-0.2, -0.15) is 0 Å². The smallest absolute Gasteiger partial charge is 0.272 e. The van der Waals surface area contributed by atoms with Gasteiger partial charge in [0.15, 0.2) is 0 Å². The lowest BCUT2D eigenvalue weighted by molar-refractivity contribution is 0.0718. The molecule has 1 aromatic carbocycles. The highest BCUT2D eigenvalue weighted by Crippen LogP contribution is 2.20. The fourth-order valence-corrected chi connectivity index (χ4v) is 2.97. The first-order chi connectivity index (χ1) is 11.6. The van der Waals surface area contributed by atoms with Crippen LogP contribution in [0.15, 0.2) is 42.6 Å². The molecule has 4 heteroatoms. The van der Waals surface area contributed by atoms with Gasteiger partial charge < -0.3 is 10.2 Å².